The lowest BCUT2D eigenvalue weighted by atomic mass is 9.95. The topological polar surface area (TPSA) is 88.0 Å². The molecule has 3 N–H and O–H groups in total. The Morgan fingerprint density at radius 2 is 1.85 bits per heavy atom. The van der Waals surface area contributed by atoms with Gasteiger partial charge in [-0.1, -0.05) is 30.3 Å². The first-order valence-electron chi connectivity index (χ1n) is 8.61. The molecular weight excluding hydrogens is 334 g/mol. The Hall–Kier alpha value is -2.31. The maximum absolute atomic E-state index is 11.7. The normalized spacial score (nSPS) is 13.9. The maximum Gasteiger partial charge on any atom is 0.407 e. The summed E-state index contributed by atoms with van der Waals surface area (Å²) in [6.07, 6.45) is -2.59. The quantitative estimate of drug-likeness (QED) is 0.736. The molecule has 1 amide bonds. The van der Waals surface area contributed by atoms with Gasteiger partial charge in [-0.05, 0) is 44.0 Å². The van der Waals surface area contributed by atoms with Gasteiger partial charge in [0.25, 0.3) is 0 Å². The van der Waals surface area contributed by atoms with Crippen molar-refractivity contribution in [2.45, 2.75) is 45.0 Å². The molecule has 6 nitrogen and oxygen atoms in total. The molecule has 2 aromatic rings. The first kappa shape index (κ1) is 20.0. The highest BCUT2D eigenvalue weighted by Gasteiger charge is 2.24. The number of amides is 1. The maximum atomic E-state index is 11.7. The van der Waals surface area contributed by atoms with E-state index in [1.807, 2.05) is 30.3 Å². The van der Waals surface area contributed by atoms with E-state index in [0.29, 0.717) is 11.3 Å². The highest BCUT2D eigenvalue weighted by molar-refractivity contribution is 5.88. The number of methoxy groups -OCH3 is 1. The van der Waals surface area contributed by atoms with Crippen molar-refractivity contribution in [2.24, 2.45) is 0 Å². The standard InChI is InChI=1S/C20H27NO5/c1-20(2,3)26-19(24)21-12-11-15(22)18(23)17-14-8-6-5-7-13(14)9-10-16(17)25-4/h5-10,15,18,22-23H,11-12H2,1-4H3,(H,21,24). The molecule has 0 bridgehead atoms. The lowest BCUT2D eigenvalue weighted by Crippen LogP contribution is -2.34. The third-order valence-corrected chi connectivity index (χ3v) is 3.92. The van der Waals surface area contributed by atoms with Crippen LogP contribution in [0.4, 0.5) is 4.79 Å². The predicted molar refractivity (Wildman–Crippen MR) is 100 cm³/mol. The third-order valence-electron chi connectivity index (χ3n) is 3.92. The van der Waals surface area contributed by atoms with Gasteiger partial charge in [0.05, 0.1) is 13.2 Å². The zero-order valence-corrected chi connectivity index (χ0v) is 15.7. The Morgan fingerprint density at radius 3 is 2.50 bits per heavy atom. The van der Waals surface area contributed by atoms with Crippen LogP contribution in [0.3, 0.4) is 0 Å². The second-order valence-corrected chi connectivity index (χ2v) is 7.13. The summed E-state index contributed by atoms with van der Waals surface area (Å²) in [5.74, 6) is 0.510. The fourth-order valence-corrected chi connectivity index (χ4v) is 2.75. The molecule has 0 saturated heterocycles. The Labute approximate surface area is 153 Å². The van der Waals surface area contributed by atoms with E-state index in [2.05, 4.69) is 5.32 Å². The number of benzene rings is 2. The average molecular weight is 361 g/mol. The van der Waals surface area contributed by atoms with Crippen LogP contribution < -0.4 is 10.1 Å². The van der Waals surface area contributed by atoms with Crippen LogP contribution in [0, 0.1) is 0 Å². The number of hydrogen-bond donors (Lipinski definition) is 3. The van der Waals surface area contributed by atoms with Gasteiger partial charge >= 0.3 is 6.09 Å². The smallest absolute Gasteiger partial charge is 0.407 e. The molecule has 6 heteroatoms. The van der Waals surface area contributed by atoms with Crippen molar-refractivity contribution in [3.05, 3.63) is 42.0 Å². The molecule has 0 aromatic heterocycles. The largest absolute Gasteiger partial charge is 0.496 e. The molecule has 0 aliphatic heterocycles. The van der Waals surface area contributed by atoms with E-state index in [9.17, 15) is 15.0 Å². The second-order valence-electron chi connectivity index (χ2n) is 7.13. The van der Waals surface area contributed by atoms with Crippen molar-refractivity contribution < 1.29 is 24.5 Å². The van der Waals surface area contributed by atoms with Crippen molar-refractivity contribution >= 4 is 16.9 Å². The van der Waals surface area contributed by atoms with Crippen molar-refractivity contribution in [3.63, 3.8) is 0 Å². The van der Waals surface area contributed by atoms with Crippen LogP contribution in [0.15, 0.2) is 36.4 Å². The number of carbonyl (C=O) groups excluding carboxylic acids is 1. The lowest BCUT2D eigenvalue weighted by molar-refractivity contribution is 0.0119. The molecule has 2 rings (SSSR count). The Balaban J connectivity index is 2.07. The molecule has 142 valence electrons. The van der Waals surface area contributed by atoms with Gasteiger partial charge in [-0.25, -0.2) is 4.79 Å². The Morgan fingerprint density at radius 1 is 1.15 bits per heavy atom. The van der Waals surface area contributed by atoms with Crippen LogP contribution in [0.2, 0.25) is 0 Å². The van der Waals surface area contributed by atoms with E-state index in [0.717, 1.165) is 10.8 Å². The first-order valence-corrected chi connectivity index (χ1v) is 8.61. The average Bonchev–Trinajstić information content (AvgIpc) is 2.58. The zero-order chi connectivity index (χ0) is 19.3. The minimum Gasteiger partial charge on any atom is -0.496 e. The molecule has 0 aliphatic carbocycles. The fourth-order valence-electron chi connectivity index (χ4n) is 2.75. The number of aliphatic hydroxyl groups excluding tert-OH is 2. The number of nitrogens with one attached hydrogen (secondary N) is 1. The number of alkyl carbamates (subject to hydrolysis) is 1. The fraction of sp³-hybridized carbons (Fsp3) is 0.450. The molecule has 0 radical (unpaired) electrons. The van der Waals surface area contributed by atoms with E-state index >= 15 is 0 Å². The van der Waals surface area contributed by atoms with Crippen LogP contribution in [0.1, 0.15) is 38.9 Å². The molecule has 0 spiro atoms. The summed E-state index contributed by atoms with van der Waals surface area (Å²) in [4.78, 5) is 11.7. The van der Waals surface area contributed by atoms with E-state index in [-0.39, 0.29) is 13.0 Å². The van der Waals surface area contributed by atoms with Crippen LogP contribution in [0.25, 0.3) is 10.8 Å². The van der Waals surface area contributed by atoms with Gasteiger partial charge in [-0.3, -0.25) is 0 Å². The van der Waals surface area contributed by atoms with Crippen molar-refractivity contribution in [1.82, 2.24) is 5.32 Å². The second kappa shape index (κ2) is 8.38. The summed E-state index contributed by atoms with van der Waals surface area (Å²) < 4.78 is 10.5. The summed E-state index contributed by atoms with van der Waals surface area (Å²) in [5.41, 5.74) is -0.0474. The van der Waals surface area contributed by atoms with Gasteiger partial charge < -0.3 is 25.0 Å². The van der Waals surface area contributed by atoms with E-state index < -0.39 is 23.9 Å². The SMILES string of the molecule is COc1ccc2ccccc2c1C(O)C(O)CCNC(=O)OC(C)(C)C. The van der Waals surface area contributed by atoms with Gasteiger partial charge in [0.15, 0.2) is 0 Å². The van der Waals surface area contributed by atoms with E-state index in [1.54, 1.807) is 26.8 Å². The van der Waals surface area contributed by atoms with Crippen LogP contribution >= 0.6 is 0 Å². The summed E-state index contributed by atoms with van der Waals surface area (Å²) in [6, 6.07) is 11.3. The molecule has 0 heterocycles. The zero-order valence-electron chi connectivity index (χ0n) is 15.7. The van der Waals surface area contributed by atoms with Crippen LogP contribution in [0.5, 0.6) is 5.75 Å². The van der Waals surface area contributed by atoms with Gasteiger partial charge in [-0.15, -0.1) is 0 Å². The van der Waals surface area contributed by atoms with Crippen molar-refractivity contribution in [1.29, 1.82) is 0 Å². The Bertz CT molecular complexity index is 753. The minimum absolute atomic E-state index is 0.173. The summed E-state index contributed by atoms with van der Waals surface area (Å²) in [7, 11) is 1.52. The number of aliphatic hydroxyl groups is 2. The third kappa shape index (κ3) is 5.09. The number of fused-ring (bicyclic) bond motifs is 1. The number of rotatable bonds is 6. The molecule has 0 saturated carbocycles. The van der Waals surface area contributed by atoms with Crippen LogP contribution in [-0.2, 0) is 4.74 Å². The first-order chi connectivity index (χ1) is 12.2. The van der Waals surface area contributed by atoms with Crippen molar-refractivity contribution in [3.8, 4) is 5.75 Å². The molecule has 2 unspecified atom stereocenters. The molecule has 0 aliphatic rings. The summed E-state index contributed by atoms with van der Waals surface area (Å²) in [6.45, 7) is 5.51. The number of hydrogen-bond acceptors (Lipinski definition) is 5. The molecular formula is C20H27NO5. The van der Waals surface area contributed by atoms with Crippen LogP contribution in [-0.4, -0.2) is 41.7 Å². The number of carbonyl (C=O) groups is 1. The molecule has 0 fully saturated rings. The van der Waals surface area contributed by atoms with E-state index in [4.69, 9.17) is 9.47 Å². The Kier molecular flexibility index (Phi) is 6.45. The van der Waals surface area contributed by atoms with Crippen molar-refractivity contribution in [2.75, 3.05) is 13.7 Å². The molecule has 26 heavy (non-hydrogen) atoms. The van der Waals surface area contributed by atoms with Gasteiger partial charge in [-0.2, -0.15) is 0 Å². The monoisotopic (exact) mass is 361 g/mol. The number of ether oxygens (including phenoxy) is 2. The van der Waals surface area contributed by atoms with E-state index in [1.165, 1.54) is 7.11 Å². The summed E-state index contributed by atoms with van der Waals surface area (Å²) >= 11 is 0. The highest BCUT2D eigenvalue weighted by atomic mass is 16.6. The van der Waals surface area contributed by atoms with Gasteiger partial charge in [0.1, 0.15) is 17.5 Å². The molecule has 2 atom stereocenters. The summed E-state index contributed by atoms with van der Waals surface area (Å²) in [5, 5.41) is 25.4. The predicted octanol–water partition coefficient (Wildman–Crippen LogP) is 3.16. The highest BCUT2D eigenvalue weighted by Crippen LogP contribution is 2.35. The minimum atomic E-state index is -1.14. The molecule has 2 aromatic carbocycles. The van der Waals surface area contributed by atoms with Gasteiger partial charge in [0, 0.05) is 12.1 Å². The lowest BCUT2D eigenvalue weighted by Gasteiger charge is -2.23. The van der Waals surface area contributed by atoms with Gasteiger partial charge in [0.2, 0.25) is 0 Å².